The van der Waals surface area contributed by atoms with E-state index in [1.807, 2.05) is 13.8 Å². The number of ether oxygens (including phenoxy) is 2. The summed E-state index contributed by atoms with van der Waals surface area (Å²) in [5, 5.41) is 2.63. The molecule has 2 nitrogen and oxygen atoms in total. The Morgan fingerprint density at radius 1 is 0.680 bits per heavy atom. The lowest BCUT2D eigenvalue weighted by Crippen LogP contribution is -2.27. The Bertz CT molecular complexity index is 610. The third-order valence-electron chi connectivity index (χ3n) is 4.06. The lowest BCUT2D eigenvalue weighted by molar-refractivity contribution is 0.336. The average Bonchev–Trinajstić information content (AvgIpc) is 2.60. The molecule has 0 saturated heterocycles. The van der Waals surface area contributed by atoms with Crippen LogP contribution in [0.3, 0.4) is 0 Å². The normalized spacial score (nSPS) is 10.7. The molecule has 134 valence electrons. The first kappa shape index (κ1) is 19.6. The smallest absolute Gasteiger partial charge is 0.122 e. The van der Waals surface area contributed by atoms with Crippen molar-refractivity contribution in [3.05, 3.63) is 47.5 Å². The van der Waals surface area contributed by atoms with Crippen molar-refractivity contribution in [1.82, 2.24) is 0 Å². The van der Waals surface area contributed by atoms with Gasteiger partial charge in [-0.05, 0) is 49.9 Å². The maximum atomic E-state index is 5.86. The van der Waals surface area contributed by atoms with E-state index in [4.69, 9.17) is 9.47 Å². The zero-order valence-corrected chi connectivity index (χ0v) is 17.0. The van der Waals surface area contributed by atoms with E-state index >= 15 is 0 Å². The molecule has 0 aromatic heterocycles. The molecule has 0 spiro atoms. The van der Waals surface area contributed by atoms with Gasteiger partial charge in [0.2, 0.25) is 0 Å². The van der Waals surface area contributed by atoms with Gasteiger partial charge < -0.3 is 9.47 Å². The minimum Gasteiger partial charge on any atom is -0.494 e. The fourth-order valence-corrected chi connectivity index (χ4v) is 4.04. The molecule has 0 unspecified atom stereocenters. The van der Waals surface area contributed by atoms with E-state index < -0.39 is 0 Å². The third-order valence-corrected chi connectivity index (χ3v) is 5.26. The molecule has 2 aromatic rings. The van der Waals surface area contributed by atoms with Crippen LogP contribution in [0.5, 0.6) is 11.5 Å². The predicted octanol–water partition coefficient (Wildman–Crippen LogP) is 4.04. The highest BCUT2D eigenvalue weighted by Crippen LogP contribution is 2.20. The molecule has 2 rings (SSSR count). The largest absolute Gasteiger partial charge is 0.494 e. The topological polar surface area (TPSA) is 18.5 Å². The summed E-state index contributed by atoms with van der Waals surface area (Å²) in [6.45, 7) is 9.93. The summed E-state index contributed by atoms with van der Waals surface area (Å²) in [6, 6.07) is 13.4. The molecule has 0 atom stereocenters. The van der Waals surface area contributed by atoms with E-state index in [1.165, 1.54) is 21.5 Å². The van der Waals surface area contributed by atoms with Crippen LogP contribution in [0.25, 0.3) is 0 Å². The fraction of sp³-hybridized carbons (Fsp3) is 0.455. The van der Waals surface area contributed by atoms with Gasteiger partial charge in [0.25, 0.3) is 0 Å². The molecule has 0 saturated carbocycles. The van der Waals surface area contributed by atoms with Crippen molar-refractivity contribution in [2.45, 2.75) is 53.4 Å². The molecular weight excluding hydrogens is 324 g/mol. The van der Waals surface area contributed by atoms with Crippen LogP contribution >= 0.6 is 0 Å². The van der Waals surface area contributed by atoms with Gasteiger partial charge in [-0.1, -0.05) is 61.3 Å². The van der Waals surface area contributed by atoms with Gasteiger partial charge in [0.15, 0.2) is 0 Å². The Hall–Kier alpha value is -1.74. The van der Waals surface area contributed by atoms with Gasteiger partial charge in [-0.25, -0.2) is 0 Å². The van der Waals surface area contributed by atoms with Gasteiger partial charge in [0.05, 0.1) is 13.2 Å². The van der Waals surface area contributed by atoms with Gasteiger partial charge in [-0.15, -0.1) is 0 Å². The molecule has 0 aliphatic carbocycles. The summed E-state index contributed by atoms with van der Waals surface area (Å²) < 4.78 is 11.7. The van der Waals surface area contributed by atoms with E-state index in [0.717, 1.165) is 37.2 Å². The second-order valence-corrected chi connectivity index (χ2v) is 7.54. The molecule has 2 radical (unpaired) electrons. The minimum absolute atomic E-state index is 0.615. The van der Waals surface area contributed by atoms with Crippen molar-refractivity contribution in [3.8, 4) is 11.5 Å². The first-order chi connectivity index (χ1) is 12.2. The molecule has 25 heavy (non-hydrogen) atoms. The molecule has 0 bridgehead atoms. The maximum Gasteiger partial charge on any atom is 0.122 e. The fourth-order valence-electron chi connectivity index (χ4n) is 2.96. The van der Waals surface area contributed by atoms with E-state index in [2.05, 4.69) is 50.2 Å². The SMILES string of the molecule is CCCc1ccc([Si]c2ccc(CCC)c(OCC)c2)cc1OCC. The number of hydrogen-bond donors (Lipinski definition) is 0. The monoisotopic (exact) mass is 354 g/mol. The van der Waals surface area contributed by atoms with Crippen LogP contribution in [-0.2, 0) is 12.8 Å². The highest BCUT2D eigenvalue weighted by molar-refractivity contribution is 6.67. The zero-order chi connectivity index (χ0) is 18.1. The average molecular weight is 355 g/mol. The Kier molecular flexibility index (Phi) is 8.06. The summed E-state index contributed by atoms with van der Waals surface area (Å²) in [7, 11) is 0.615. The van der Waals surface area contributed by atoms with Crippen LogP contribution in [0.15, 0.2) is 36.4 Å². The lowest BCUT2D eigenvalue weighted by Gasteiger charge is -2.13. The van der Waals surface area contributed by atoms with Gasteiger partial charge >= 0.3 is 0 Å². The van der Waals surface area contributed by atoms with Crippen molar-refractivity contribution in [2.75, 3.05) is 13.2 Å². The van der Waals surface area contributed by atoms with E-state index in [-0.39, 0.29) is 0 Å². The third kappa shape index (κ3) is 5.64. The highest BCUT2D eigenvalue weighted by atomic mass is 28.2. The van der Waals surface area contributed by atoms with Gasteiger partial charge in [-0.3, -0.25) is 0 Å². The summed E-state index contributed by atoms with van der Waals surface area (Å²) in [4.78, 5) is 0. The standard InChI is InChI=1S/C22H30O2Si/c1-5-9-17-11-13-19(15-21(17)23-7-3)25-20-14-12-18(10-6-2)22(16-20)24-8-4/h11-16H,5-10H2,1-4H3. The summed E-state index contributed by atoms with van der Waals surface area (Å²) in [5.41, 5.74) is 2.62. The Morgan fingerprint density at radius 3 is 1.48 bits per heavy atom. The van der Waals surface area contributed by atoms with Crippen LogP contribution in [0.4, 0.5) is 0 Å². The first-order valence-electron chi connectivity index (χ1n) is 9.50. The van der Waals surface area contributed by atoms with Crippen molar-refractivity contribution in [2.24, 2.45) is 0 Å². The van der Waals surface area contributed by atoms with Crippen molar-refractivity contribution >= 4 is 19.9 Å². The van der Waals surface area contributed by atoms with Gasteiger partial charge in [-0.2, -0.15) is 0 Å². The van der Waals surface area contributed by atoms with Crippen molar-refractivity contribution in [1.29, 1.82) is 0 Å². The molecule has 0 heterocycles. The van der Waals surface area contributed by atoms with Gasteiger partial charge in [0, 0.05) is 0 Å². The van der Waals surface area contributed by atoms with Crippen molar-refractivity contribution in [3.63, 3.8) is 0 Å². The quantitative estimate of drug-likeness (QED) is 0.600. The Labute approximate surface area is 155 Å². The number of rotatable bonds is 10. The van der Waals surface area contributed by atoms with E-state index in [0.29, 0.717) is 22.7 Å². The number of aryl methyl sites for hydroxylation is 2. The predicted molar refractivity (Wildman–Crippen MR) is 108 cm³/mol. The van der Waals surface area contributed by atoms with Crippen LogP contribution in [0, 0.1) is 0 Å². The number of hydrogen-bond acceptors (Lipinski definition) is 2. The Morgan fingerprint density at radius 2 is 1.12 bits per heavy atom. The molecule has 0 fully saturated rings. The van der Waals surface area contributed by atoms with Crippen LogP contribution in [0.1, 0.15) is 51.7 Å². The summed E-state index contributed by atoms with van der Waals surface area (Å²) in [6.07, 6.45) is 4.41. The van der Waals surface area contributed by atoms with Crippen molar-refractivity contribution < 1.29 is 9.47 Å². The molecule has 3 heteroatoms. The van der Waals surface area contributed by atoms with E-state index in [1.54, 1.807) is 0 Å². The number of benzene rings is 2. The first-order valence-corrected chi connectivity index (χ1v) is 10.5. The van der Waals surface area contributed by atoms with Gasteiger partial charge in [0.1, 0.15) is 21.0 Å². The maximum absolute atomic E-state index is 5.86. The Balaban J connectivity index is 2.23. The van der Waals surface area contributed by atoms with E-state index in [9.17, 15) is 0 Å². The molecule has 2 aromatic carbocycles. The zero-order valence-electron chi connectivity index (χ0n) is 16.0. The molecule has 0 aliphatic heterocycles. The summed E-state index contributed by atoms with van der Waals surface area (Å²) in [5.74, 6) is 2.09. The molecular formula is C22H30O2Si. The molecule has 0 amide bonds. The van der Waals surface area contributed by atoms with Crippen LogP contribution in [-0.4, -0.2) is 22.7 Å². The summed E-state index contributed by atoms with van der Waals surface area (Å²) >= 11 is 0. The minimum atomic E-state index is 0.615. The second-order valence-electron chi connectivity index (χ2n) is 6.14. The molecule has 0 N–H and O–H groups in total. The van der Waals surface area contributed by atoms with Crippen LogP contribution in [0.2, 0.25) is 0 Å². The highest BCUT2D eigenvalue weighted by Gasteiger charge is 2.09. The second kappa shape index (κ2) is 10.3. The van der Waals surface area contributed by atoms with Crippen LogP contribution < -0.4 is 19.8 Å². The molecule has 0 aliphatic rings. The lowest BCUT2D eigenvalue weighted by atomic mass is 10.1.